The molecule has 1 aromatic rings. The highest BCUT2D eigenvalue weighted by atomic mass is 32.1. The molecule has 1 aromatic heterocycles. The van der Waals surface area contributed by atoms with Crippen molar-refractivity contribution in [3.8, 4) is 0 Å². The van der Waals surface area contributed by atoms with Gasteiger partial charge in [-0.05, 0) is 0 Å². The lowest BCUT2D eigenvalue weighted by atomic mass is 9.93. The van der Waals surface area contributed by atoms with Gasteiger partial charge in [-0.2, -0.15) is 18.7 Å². The third-order valence-electron chi connectivity index (χ3n) is 1.88. The second-order valence-corrected chi connectivity index (χ2v) is 5.54. The predicted molar refractivity (Wildman–Crippen MR) is 59.7 cm³/mol. The minimum atomic E-state index is -4.31. The predicted octanol–water partition coefficient (Wildman–Crippen LogP) is 3.02. The summed E-state index contributed by atoms with van der Waals surface area (Å²) in [7, 11) is 0. The lowest BCUT2D eigenvalue weighted by Gasteiger charge is -2.14. The number of alkyl halides is 3. The molecule has 0 amide bonds. The Kier molecular flexibility index (Phi) is 4.51. The van der Waals surface area contributed by atoms with E-state index in [2.05, 4.69) is 15.3 Å². The van der Waals surface area contributed by atoms with Gasteiger partial charge in [0.05, 0.1) is 12.2 Å². The van der Waals surface area contributed by atoms with Gasteiger partial charge in [-0.3, -0.25) is 4.84 Å². The molecule has 0 aliphatic rings. The van der Waals surface area contributed by atoms with Crippen molar-refractivity contribution in [1.29, 1.82) is 0 Å². The Balaban J connectivity index is 2.36. The fraction of sp³-hybridized carbons (Fsp3) is 0.700. The molecule has 1 rings (SSSR count). The Morgan fingerprint density at radius 1 is 1.35 bits per heavy atom. The van der Waals surface area contributed by atoms with Crippen molar-refractivity contribution < 1.29 is 18.0 Å². The highest BCUT2D eigenvalue weighted by molar-refractivity contribution is 7.09. The Hall–Kier alpha value is -0.660. The summed E-state index contributed by atoms with van der Waals surface area (Å²) in [6.07, 6.45) is -4.31. The topological polar surface area (TPSA) is 34.1 Å². The SMILES string of the molecule is CC(C)(C)c1csc(CNOCC(F)(F)F)n1. The maximum Gasteiger partial charge on any atom is 0.413 e. The van der Waals surface area contributed by atoms with Crippen molar-refractivity contribution in [2.75, 3.05) is 6.61 Å². The number of aromatic nitrogens is 1. The van der Waals surface area contributed by atoms with Gasteiger partial charge < -0.3 is 0 Å². The Bertz CT molecular complexity index is 357. The van der Waals surface area contributed by atoms with Gasteiger partial charge in [-0.15, -0.1) is 11.3 Å². The van der Waals surface area contributed by atoms with Crippen LogP contribution in [-0.2, 0) is 16.8 Å². The van der Waals surface area contributed by atoms with E-state index >= 15 is 0 Å². The van der Waals surface area contributed by atoms with E-state index in [4.69, 9.17) is 0 Å². The van der Waals surface area contributed by atoms with Gasteiger partial charge in [0.25, 0.3) is 0 Å². The van der Waals surface area contributed by atoms with Gasteiger partial charge in [-0.1, -0.05) is 20.8 Å². The smallest absolute Gasteiger partial charge is 0.292 e. The van der Waals surface area contributed by atoms with Crippen LogP contribution in [0.5, 0.6) is 0 Å². The number of hydrogen-bond donors (Lipinski definition) is 1. The second-order valence-electron chi connectivity index (χ2n) is 4.60. The standard InChI is InChI=1S/C10H15F3N2OS/c1-9(2,3)7-5-17-8(15-7)4-14-16-6-10(11,12)13/h5,14H,4,6H2,1-3H3. The molecular formula is C10H15F3N2OS. The molecule has 0 unspecified atom stereocenters. The van der Waals surface area contributed by atoms with E-state index in [1.165, 1.54) is 11.3 Å². The first kappa shape index (κ1) is 14.4. The van der Waals surface area contributed by atoms with Gasteiger partial charge in [0.2, 0.25) is 0 Å². The fourth-order valence-electron chi connectivity index (χ4n) is 0.982. The molecular weight excluding hydrogens is 253 g/mol. The number of hydroxylamine groups is 1. The maximum atomic E-state index is 11.8. The van der Waals surface area contributed by atoms with E-state index < -0.39 is 12.8 Å². The number of rotatable bonds is 4. The molecule has 0 aliphatic heterocycles. The van der Waals surface area contributed by atoms with Crippen molar-refractivity contribution >= 4 is 11.3 Å². The minimum absolute atomic E-state index is 0.0540. The summed E-state index contributed by atoms with van der Waals surface area (Å²) >= 11 is 1.40. The molecule has 3 nitrogen and oxygen atoms in total. The van der Waals surface area contributed by atoms with Crippen LogP contribution in [-0.4, -0.2) is 17.8 Å². The minimum Gasteiger partial charge on any atom is -0.292 e. The summed E-state index contributed by atoms with van der Waals surface area (Å²) in [6, 6.07) is 0. The molecule has 0 aromatic carbocycles. The summed E-state index contributed by atoms with van der Waals surface area (Å²) in [5, 5.41) is 2.61. The highest BCUT2D eigenvalue weighted by Crippen LogP contribution is 2.23. The molecule has 0 spiro atoms. The molecule has 0 saturated carbocycles. The van der Waals surface area contributed by atoms with Crippen LogP contribution in [0.25, 0.3) is 0 Å². The van der Waals surface area contributed by atoms with Crippen molar-refractivity contribution in [3.63, 3.8) is 0 Å². The molecule has 0 atom stereocenters. The van der Waals surface area contributed by atoms with Crippen molar-refractivity contribution in [1.82, 2.24) is 10.5 Å². The second kappa shape index (κ2) is 5.32. The van der Waals surface area contributed by atoms with E-state index in [9.17, 15) is 13.2 Å². The first-order valence-corrected chi connectivity index (χ1v) is 5.93. The van der Waals surface area contributed by atoms with Gasteiger partial charge >= 0.3 is 6.18 Å². The number of hydrogen-bond acceptors (Lipinski definition) is 4. The zero-order valence-electron chi connectivity index (χ0n) is 9.89. The lowest BCUT2D eigenvalue weighted by molar-refractivity contribution is -0.190. The zero-order chi connectivity index (χ0) is 13.1. The lowest BCUT2D eigenvalue weighted by Crippen LogP contribution is -2.24. The monoisotopic (exact) mass is 268 g/mol. The summed E-state index contributed by atoms with van der Waals surface area (Å²) in [5.41, 5.74) is 3.12. The molecule has 0 saturated heterocycles. The van der Waals surface area contributed by atoms with Crippen molar-refractivity contribution in [2.45, 2.75) is 38.9 Å². The molecule has 0 fully saturated rings. The first-order valence-electron chi connectivity index (χ1n) is 5.05. The van der Waals surface area contributed by atoms with E-state index in [1.807, 2.05) is 26.2 Å². The van der Waals surface area contributed by atoms with Crippen molar-refractivity contribution in [3.05, 3.63) is 16.1 Å². The van der Waals surface area contributed by atoms with Crippen LogP contribution < -0.4 is 5.48 Å². The van der Waals surface area contributed by atoms with Crippen LogP contribution in [0.3, 0.4) is 0 Å². The van der Waals surface area contributed by atoms with Gasteiger partial charge in [0.1, 0.15) is 5.01 Å². The zero-order valence-corrected chi connectivity index (χ0v) is 10.7. The molecule has 0 radical (unpaired) electrons. The largest absolute Gasteiger partial charge is 0.413 e. The van der Waals surface area contributed by atoms with E-state index in [0.717, 1.165) is 5.69 Å². The quantitative estimate of drug-likeness (QED) is 0.673. The molecule has 0 bridgehead atoms. The maximum absolute atomic E-state index is 11.8. The van der Waals surface area contributed by atoms with Gasteiger partial charge in [-0.25, -0.2) is 4.98 Å². The van der Waals surface area contributed by atoms with Crippen LogP contribution in [0, 0.1) is 0 Å². The average Bonchev–Trinajstić information content (AvgIpc) is 2.58. The molecule has 98 valence electrons. The normalized spacial score (nSPS) is 13.1. The van der Waals surface area contributed by atoms with E-state index in [1.54, 1.807) is 0 Å². The summed E-state index contributed by atoms with van der Waals surface area (Å²) in [5.74, 6) is 0. The third-order valence-corrected chi connectivity index (χ3v) is 2.73. The molecule has 0 aliphatic carbocycles. The first-order chi connectivity index (χ1) is 7.68. The number of thiazole rings is 1. The van der Waals surface area contributed by atoms with Crippen LogP contribution >= 0.6 is 11.3 Å². The molecule has 1 heterocycles. The van der Waals surface area contributed by atoms with Crippen LogP contribution in [0.1, 0.15) is 31.5 Å². The van der Waals surface area contributed by atoms with Crippen LogP contribution in [0.4, 0.5) is 13.2 Å². The summed E-state index contributed by atoms with van der Waals surface area (Å²) in [4.78, 5) is 8.60. The highest BCUT2D eigenvalue weighted by Gasteiger charge is 2.27. The van der Waals surface area contributed by atoms with Crippen LogP contribution in [0.15, 0.2) is 5.38 Å². The Labute approximate surface area is 102 Å². The van der Waals surface area contributed by atoms with Gasteiger partial charge in [0, 0.05) is 10.8 Å². The summed E-state index contributed by atoms with van der Waals surface area (Å²) < 4.78 is 35.3. The average molecular weight is 268 g/mol. The van der Waals surface area contributed by atoms with E-state index in [0.29, 0.717) is 5.01 Å². The number of nitrogens with zero attached hydrogens (tertiary/aromatic N) is 1. The fourth-order valence-corrected chi connectivity index (χ4v) is 1.93. The van der Waals surface area contributed by atoms with Crippen molar-refractivity contribution in [2.24, 2.45) is 0 Å². The number of halogens is 3. The van der Waals surface area contributed by atoms with Gasteiger partial charge in [0.15, 0.2) is 6.61 Å². The summed E-state index contributed by atoms with van der Waals surface area (Å²) in [6.45, 7) is 4.96. The molecule has 1 N–H and O–H groups in total. The third kappa shape index (κ3) is 5.47. The molecule has 7 heteroatoms. The molecule has 17 heavy (non-hydrogen) atoms. The van der Waals surface area contributed by atoms with E-state index in [-0.39, 0.29) is 12.0 Å². The Morgan fingerprint density at radius 3 is 2.47 bits per heavy atom. The number of nitrogens with one attached hydrogen (secondary N) is 1. The van der Waals surface area contributed by atoms with Crippen LogP contribution in [0.2, 0.25) is 0 Å². The Morgan fingerprint density at radius 2 is 2.00 bits per heavy atom.